The van der Waals surface area contributed by atoms with E-state index in [0.29, 0.717) is 0 Å². The van der Waals surface area contributed by atoms with Crippen LogP contribution in [0.5, 0.6) is 11.5 Å². The lowest BCUT2D eigenvalue weighted by molar-refractivity contribution is 0.354. The maximum absolute atomic E-state index is 5.47. The van der Waals surface area contributed by atoms with Gasteiger partial charge in [-0.15, -0.1) is 10.2 Å². The SMILES string of the molecule is COc1ccc(CCN(C)c2nc3ccccc3c3nnc(-c4ccccc4C)n23)cc1OC. The lowest BCUT2D eigenvalue weighted by atomic mass is 10.1. The highest BCUT2D eigenvalue weighted by Gasteiger charge is 2.19. The van der Waals surface area contributed by atoms with Gasteiger partial charge in [0, 0.05) is 24.5 Å². The number of ether oxygens (including phenoxy) is 2. The van der Waals surface area contributed by atoms with Gasteiger partial charge in [-0.3, -0.25) is 0 Å². The fraction of sp³-hybridized carbons (Fsp3) is 0.222. The Morgan fingerprint density at radius 1 is 0.882 bits per heavy atom. The molecule has 0 N–H and O–H groups in total. The Kier molecular flexibility index (Phi) is 5.76. The Balaban J connectivity index is 1.57. The molecule has 0 aliphatic carbocycles. The molecule has 0 saturated heterocycles. The fourth-order valence-electron chi connectivity index (χ4n) is 4.25. The van der Waals surface area contributed by atoms with Gasteiger partial charge >= 0.3 is 0 Å². The second-order valence-corrected chi connectivity index (χ2v) is 8.29. The first-order valence-electron chi connectivity index (χ1n) is 11.2. The number of hydrogen-bond acceptors (Lipinski definition) is 6. The predicted octanol–water partition coefficient (Wildman–Crippen LogP) is 4.95. The van der Waals surface area contributed by atoms with Gasteiger partial charge in [-0.2, -0.15) is 0 Å². The minimum absolute atomic E-state index is 0.727. The van der Waals surface area contributed by atoms with E-state index in [9.17, 15) is 0 Å². The van der Waals surface area contributed by atoms with E-state index in [1.165, 1.54) is 0 Å². The van der Waals surface area contributed by atoms with Crippen LogP contribution in [0.1, 0.15) is 11.1 Å². The monoisotopic (exact) mass is 453 g/mol. The predicted molar refractivity (Wildman–Crippen MR) is 135 cm³/mol. The second kappa shape index (κ2) is 9.02. The lowest BCUT2D eigenvalue weighted by Gasteiger charge is -2.21. The molecular formula is C27H27N5O2. The van der Waals surface area contributed by atoms with Crippen molar-refractivity contribution in [2.24, 2.45) is 0 Å². The summed E-state index contributed by atoms with van der Waals surface area (Å²) in [5, 5.41) is 10.2. The molecule has 0 amide bonds. The van der Waals surface area contributed by atoms with E-state index in [-0.39, 0.29) is 0 Å². The number of para-hydroxylation sites is 1. The Bertz CT molecular complexity index is 1480. The second-order valence-electron chi connectivity index (χ2n) is 8.29. The van der Waals surface area contributed by atoms with Crippen molar-refractivity contribution in [2.45, 2.75) is 13.3 Å². The number of benzene rings is 3. The zero-order chi connectivity index (χ0) is 23.7. The maximum Gasteiger partial charge on any atom is 0.213 e. The lowest BCUT2D eigenvalue weighted by Crippen LogP contribution is -2.24. The van der Waals surface area contributed by atoms with Gasteiger partial charge in [0.05, 0.1) is 19.7 Å². The Hall–Kier alpha value is -4.13. The van der Waals surface area contributed by atoms with Gasteiger partial charge in [0.15, 0.2) is 23.0 Å². The van der Waals surface area contributed by atoms with Gasteiger partial charge < -0.3 is 14.4 Å². The molecular weight excluding hydrogens is 426 g/mol. The average molecular weight is 454 g/mol. The summed E-state index contributed by atoms with van der Waals surface area (Å²) in [6, 6.07) is 22.3. The van der Waals surface area contributed by atoms with E-state index in [0.717, 1.165) is 69.5 Å². The first-order valence-corrected chi connectivity index (χ1v) is 11.2. The minimum atomic E-state index is 0.727. The molecule has 0 bridgehead atoms. The quantitative estimate of drug-likeness (QED) is 0.347. The zero-order valence-electron chi connectivity index (χ0n) is 19.8. The minimum Gasteiger partial charge on any atom is -0.493 e. The van der Waals surface area contributed by atoms with Crippen LogP contribution in [-0.4, -0.2) is 47.4 Å². The molecule has 0 fully saturated rings. The average Bonchev–Trinajstić information content (AvgIpc) is 3.32. The molecule has 0 atom stereocenters. The number of anilines is 1. The van der Waals surface area contributed by atoms with Crippen molar-refractivity contribution in [1.82, 2.24) is 19.6 Å². The van der Waals surface area contributed by atoms with E-state index in [1.54, 1.807) is 14.2 Å². The van der Waals surface area contributed by atoms with Gasteiger partial charge in [0.1, 0.15) is 0 Å². The van der Waals surface area contributed by atoms with E-state index < -0.39 is 0 Å². The Labute approximate surface area is 198 Å². The van der Waals surface area contributed by atoms with Crippen molar-refractivity contribution >= 4 is 22.5 Å². The van der Waals surface area contributed by atoms with E-state index in [1.807, 2.05) is 48.5 Å². The highest BCUT2D eigenvalue weighted by molar-refractivity contribution is 5.93. The summed E-state index contributed by atoms with van der Waals surface area (Å²) in [5.41, 5.74) is 5.04. The normalized spacial score (nSPS) is 11.2. The smallest absolute Gasteiger partial charge is 0.213 e. The summed E-state index contributed by atoms with van der Waals surface area (Å²) in [5.74, 6) is 3.05. The Morgan fingerprint density at radius 3 is 2.44 bits per heavy atom. The number of methoxy groups -OCH3 is 2. The third-order valence-electron chi connectivity index (χ3n) is 6.14. The number of rotatable bonds is 7. The molecule has 34 heavy (non-hydrogen) atoms. The van der Waals surface area contributed by atoms with Crippen molar-refractivity contribution in [1.29, 1.82) is 0 Å². The van der Waals surface area contributed by atoms with Crippen LogP contribution in [0.2, 0.25) is 0 Å². The molecule has 0 aliphatic rings. The summed E-state index contributed by atoms with van der Waals surface area (Å²) in [7, 11) is 5.36. The molecule has 0 aliphatic heterocycles. The van der Waals surface area contributed by atoms with Crippen LogP contribution in [0.3, 0.4) is 0 Å². The van der Waals surface area contributed by atoms with Crippen molar-refractivity contribution in [3.05, 3.63) is 77.9 Å². The largest absolute Gasteiger partial charge is 0.493 e. The number of nitrogens with zero attached hydrogens (tertiary/aromatic N) is 5. The number of aromatic nitrogens is 4. The molecule has 0 unspecified atom stereocenters. The highest BCUT2D eigenvalue weighted by Crippen LogP contribution is 2.30. The van der Waals surface area contributed by atoms with Gasteiger partial charge in [-0.25, -0.2) is 9.38 Å². The third kappa shape index (κ3) is 3.79. The summed E-state index contributed by atoms with van der Waals surface area (Å²) in [6.45, 7) is 2.84. The molecule has 0 saturated carbocycles. The van der Waals surface area contributed by atoms with Crippen LogP contribution >= 0.6 is 0 Å². The zero-order valence-corrected chi connectivity index (χ0v) is 19.8. The summed E-state index contributed by atoms with van der Waals surface area (Å²) in [4.78, 5) is 7.18. The summed E-state index contributed by atoms with van der Waals surface area (Å²) >= 11 is 0. The van der Waals surface area contributed by atoms with Crippen LogP contribution < -0.4 is 14.4 Å². The van der Waals surface area contributed by atoms with Crippen molar-refractivity contribution < 1.29 is 9.47 Å². The number of aryl methyl sites for hydroxylation is 1. The standard InChI is InChI=1S/C27H27N5O2/c1-18-9-5-6-10-20(18)25-29-30-26-21-11-7-8-12-22(21)28-27(32(25)26)31(2)16-15-19-13-14-23(33-3)24(17-19)34-4/h5-14,17H,15-16H2,1-4H3. The molecule has 5 aromatic rings. The van der Waals surface area contributed by atoms with Gasteiger partial charge in [-0.1, -0.05) is 42.5 Å². The van der Waals surface area contributed by atoms with Crippen LogP contribution in [0.25, 0.3) is 27.9 Å². The third-order valence-corrected chi connectivity index (χ3v) is 6.14. The molecule has 3 aromatic carbocycles. The summed E-state index contributed by atoms with van der Waals surface area (Å²) in [6.07, 6.45) is 0.814. The van der Waals surface area contributed by atoms with E-state index in [2.05, 4.69) is 51.7 Å². The number of likely N-dealkylation sites (N-methyl/N-ethyl adjacent to an activating group) is 1. The van der Waals surface area contributed by atoms with Crippen LogP contribution in [0.4, 0.5) is 5.95 Å². The fourth-order valence-corrected chi connectivity index (χ4v) is 4.25. The molecule has 2 heterocycles. The van der Waals surface area contributed by atoms with Crippen molar-refractivity contribution in [2.75, 3.05) is 32.7 Å². The summed E-state index contributed by atoms with van der Waals surface area (Å²) < 4.78 is 12.9. The molecule has 172 valence electrons. The maximum atomic E-state index is 5.47. The van der Waals surface area contributed by atoms with E-state index >= 15 is 0 Å². The topological polar surface area (TPSA) is 64.8 Å². The molecule has 7 heteroatoms. The molecule has 5 rings (SSSR count). The highest BCUT2D eigenvalue weighted by atomic mass is 16.5. The van der Waals surface area contributed by atoms with Crippen LogP contribution in [0, 0.1) is 6.92 Å². The molecule has 0 radical (unpaired) electrons. The first kappa shape index (κ1) is 21.7. The Morgan fingerprint density at radius 2 is 1.65 bits per heavy atom. The number of hydrogen-bond donors (Lipinski definition) is 0. The van der Waals surface area contributed by atoms with Crippen molar-refractivity contribution in [3.63, 3.8) is 0 Å². The van der Waals surface area contributed by atoms with E-state index in [4.69, 9.17) is 14.5 Å². The van der Waals surface area contributed by atoms with Gasteiger partial charge in [0.2, 0.25) is 5.95 Å². The first-order chi connectivity index (χ1) is 16.6. The van der Waals surface area contributed by atoms with Crippen molar-refractivity contribution in [3.8, 4) is 22.9 Å². The number of fused-ring (bicyclic) bond motifs is 3. The van der Waals surface area contributed by atoms with Gasteiger partial charge in [-0.05, 0) is 48.7 Å². The molecule has 2 aromatic heterocycles. The van der Waals surface area contributed by atoms with Crippen LogP contribution in [0.15, 0.2) is 66.7 Å². The van der Waals surface area contributed by atoms with Crippen LogP contribution in [-0.2, 0) is 6.42 Å². The molecule has 7 nitrogen and oxygen atoms in total. The van der Waals surface area contributed by atoms with Gasteiger partial charge in [0.25, 0.3) is 0 Å². The molecule has 0 spiro atoms.